The molecular formula is C22H24N4O4. The molecule has 0 saturated heterocycles. The topological polar surface area (TPSA) is 106 Å². The quantitative estimate of drug-likeness (QED) is 0.477. The minimum atomic E-state index is -0.814. The van der Waals surface area contributed by atoms with Gasteiger partial charge in [-0.05, 0) is 23.1 Å². The Bertz CT molecular complexity index is 1070. The number of nitrogens with zero attached hydrogens (tertiary/aromatic N) is 2. The first kappa shape index (κ1) is 21.0. The lowest BCUT2D eigenvalue weighted by Crippen LogP contribution is -2.23. The molecule has 0 radical (unpaired) electrons. The van der Waals surface area contributed by atoms with E-state index in [0.717, 1.165) is 5.56 Å². The molecule has 8 heteroatoms. The second kappa shape index (κ2) is 8.36. The third-order valence-corrected chi connectivity index (χ3v) is 4.59. The van der Waals surface area contributed by atoms with Crippen LogP contribution < -0.4 is 14.8 Å². The predicted octanol–water partition coefficient (Wildman–Crippen LogP) is 3.61. The van der Waals surface area contributed by atoms with Crippen LogP contribution in [-0.4, -0.2) is 41.1 Å². The van der Waals surface area contributed by atoms with Crippen LogP contribution in [0, 0.1) is 0 Å². The van der Waals surface area contributed by atoms with E-state index < -0.39 is 11.7 Å². The summed E-state index contributed by atoms with van der Waals surface area (Å²) >= 11 is 0. The summed E-state index contributed by atoms with van der Waals surface area (Å²) in [7, 11) is 3.09. The lowest BCUT2D eigenvalue weighted by Gasteiger charge is -2.18. The Hall–Kier alpha value is -3.68. The summed E-state index contributed by atoms with van der Waals surface area (Å²) in [6.07, 6.45) is 0. The van der Waals surface area contributed by atoms with Crippen molar-refractivity contribution in [3.63, 3.8) is 0 Å². The summed E-state index contributed by atoms with van der Waals surface area (Å²) in [5.74, 6) is 0.0546. The fourth-order valence-corrected chi connectivity index (χ4v) is 2.84. The van der Waals surface area contributed by atoms with Crippen LogP contribution in [0.2, 0.25) is 0 Å². The van der Waals surface area contributed by atoms with Crippen molar-refractivity contribution in [2.75, 3.05) is 19.5 Å². The van der Waals surface area contributed by atoms with E-state index in [4.69, 9.17) is 9.47 Å². The summed E-state index contributed by atoms with van der Waals surface area (Å²) in [5, 5.41) is 9.13. The van der Waals surface area contributed by atoms with E-state index >= 15 is 0 Å². The van der Waals surface area contributed by atoms with E-state index in [1.807, 2.05) is 12.1 Å². The number of Topliss-reactive ketones (excluding diaryl/α,β-unsaturated/α-hetero) is 1. The predicted molar refractivity (Wildman–Crippen MR) is 113 cm³/mol. The molecule has 156 valence electrons. The van der Waals surface area contributed by atoms with Gasteiger partial charge in [0.1, 0.15) is 11.5 Å². The minimum Gasteiger partial charge on any atom is -0.497 e. The molecule has 1 aromatic heterocycles. The smallest absolute Gasteiger partial charge is 0.299 e. The zero-order valence-electron chi connectivity index (χ0n) is 17.6. The first-order chi connectivity index (χ1) is 14.2. The van der Waals surface area contributed by atoms with Crippen LogP contribution in [0.5, 0.6) is 11.5 Å². The molecule has 0 spiro atoms. The number of rotatable bonds is 6. The lowest BCUT2D eigenvalue weighted by atomic mass is 9.86. The average molecular weight is 408 g/mol. The number of amides is 1. The van der Waals surface area contributed by atoms with Crippen molar-refractivity contribution in [1.29, 1.82) is 0 Å². The summed E-state index contributed by atoms with van der Waals surface area (Å²) < 4.78 is 10.5. The van der Waals surface area contributed by atoms with Crippen molar-refractivity contribution in [3.8, 4) is 22.9 Å². The highest BCUT2D eigenvalue weighted by atomic mass is 16.5. The number of aromatic nitrogens is 3. The van der Waals surface area contributed by atoms with E-state index in [-0.39, 0.29) is 11.4 Å². The average Bonchev–Trinajstić information content (AvgIpc) is 3.20. The van der Waals surface area contributed by atoms with Gasteiger partial charge in [-0.1, -0.05) is 45.0 Å². The highest BCUT2D eigenvalue weighted by molar-refractivity contribution is 6.46. The van der Waals surface area contributed by atoms with Gasteiger partial charge < -0.3 is 9.47 Å². The number of carbonyl (C=O) groups excluding carboxylic acids is 2. The standard InChI is InChI=1S/C22H24N4O4/c1-22(2,3)14-8-6-13(7-9-14)18(27)20(28)24-21-23-19(25-26-21)16-11-10-15(29-4)12-17(16)30-5/h6-12H,1-5H3,(H2,23,24,25,26,28). The first-order valence-corrected chi connectivity index (χ1v) is 9.34. The molecule has 0 aliphatic carbocycles. The lowest BCUT2D eigenvalue weighted by molar-refractivity contribution is -0.112. The van der Waals surface area contributed by atoms with Crippen molar-refractivity contribution < 1.29 is 19.1 Å². The summed E-state index contributed by atoms with van der Waals surface area (Å²) in [4.78, 5) is 29.0. The number of hydrogen-bond acceptors (Lipinski definition) is 6. The van der Waals surface area contributed by atoms with Gasteiger partial charge in [0, 0.05) is 11.6 Å². The van der Waals surface area contributed by atoms with Crippen molar-refractivity contribution in [2.24, 2.45) is 0 Å². The molecular weight excluding hydrogens is 384 g/mol. The number of nitrogens with one attached hydrogen (secondary N) is 2. The number of ether oxygens (including phenoxy) is 2. The molecule has 1 heterocycles. The summed E-state index contributed by atoms with van der Waals surface area (Å²) in [6.45, 7) is 6.24. The van der Waals surface area contributed by atoms with Crippen LogP contribution in [0.1, 0.15) is 36.7 Å². The fourth-order valence-electron chi connectivity index (χ4n) is 2.84. The van der Waals surface area contributed by atoms with E-state index in [1.165, 1.54) is 7.11 Å². The number of anilines is 1. The first-order valence-electron chi connectivity index (χ1n) is 9.34. The third-order valence-electron chi connectivity index (χ3n) is 4.59. The van der Waals surface area contributed by atoms with Crippen molar-refractivity contribution in [3.05, 3.63) is 53.6 Å². The molecule has 30 heavy (non-hydrogen) atoms. The normalized spacial score (nSPS) is 11.1. The Labute approximate surface area is 174 Å². The number of hydrogen-bond donors (Lipinski definition) is 2. The van der Waals surface area contributed by atoms with E-state index in [1.54, 1.807) is 37.4 Å². The number of ketones is 1. The van der Waals surface area contributed by atoms with E-state index in [0.29, 0.717) is 28.5 Å². The van der Waals surface area contributed by atoms with Gasteiger partial charge in [-0.2, -0.15) is 4.98 Å². The Morgan fingerprint density at radius 3 is 2.30 bits per heavy atom. The van der Waals surface area contributed by atoms with E-state index in [9.17, 15) is 9.59 Å². The summed E-state index contributed by atoms with van der Waals surface area (Å²) in [6, 6.07) is 12.2. The molecule has 0 unspecified atom stereocenters. The van der Waals surface area contributed by atoms with Crippen LogP contribution in [0.4, 0.5) is 5.95 Å². The molecule has 0 aliphatic rings. The number of H-pyrrole nitrogens is 1. The molecule has 8 nitrogen and oxygen atoms in total. The van der Waals surface area contributed by atoms with Crippen LogP contribution in [0.3, 0.4) is 0 Å². The van der Waals surface area contributed by atoms with Crippen molar-refractivity contribution in [1.82, 2.24) is 15.2 Å². The highest BCUT2D eigenvalue weighted by Gasteiger charge is 2.20. The van der Waals surface area contributed by atoms with Gasteiger partial charge in [0.05, 0.1) is 19.8 Å². The second-order valence-electron chi connectivity index (χ2n) is 7.68. The Kier molecular flexibility index (Phi) is 5.86. The largest absolute Gasteiger partial charge is 0.497 e. The Morgan fingerprint density at radius 2 is 1.70 bits per heavy atom. The van der Waals surface area contributed by atoms with Crippen LogP contribution >= 0.6 is 0 Å². The van der Waals surface area contributed by atoms with E-state index in [2.05, 4.69) is 41.3 Å². The van der Waals surface area contributed by atoms with Gasteiger partial charge in [-0.25, -0.2) is 0 Å². The SMILES string of the molecule is COc1ccc(-c2nc(NC(=O)C(=O)c3ccc(C(C)(C)C)cc3)n[nH]2)c(OC)c1. The van der Waals surface area contributed by atoms with Gasteiger partial charge >= 0.3 is 0 Å². The maximum atomic E-state index is 12.4. The van der Waals surface area contributed by atoms with Crippen molar-refractivity contribution in [2.45, 2.75) is 26.2 Å². The molecule has 1 amide bonds. The Balaban J connectivity index is 1.74. The zero-order valence-corrected chi connectivity index (χ0v) is 17.6. The Morgan fingerprint density at radius 1 is 1.00 bits per heavy atom. The fraction of sp³-hybridized carbons (Fsp3) is 0.273. The minimum absolute atomic E-state index is 0.00691. The van der Waals surface area contributed by atoms with Gasteiger partial charge in [0.2, 0.25) is 5.95 Å². The van der Waals surface area contributed by atoms with Gasteiger partial charge in [-0.3, -0.25) is 20.0 Å². The zero-order chi connectivity index (χ0) is 21.9. The molecule has 0 fully saturated rings. The van der Waals surface area contributed by atoms with Gasteiger partial charge in [0.25, 0.3) is 11.7 Å². The molecule has 2 N–H and O–H groups in total. The molecule has 0 aliphatic heterocycles. The molecule has 0 bridgehead atoms. The number of benzene rings is 2. The molecule has 2 aromatic carbocycles. The van der Waals surface area contributed by atoms with Crippen LogP contribution in [0.25, 0.3) is 11.4 Å². The number of aromatic amines is 1. The number of methoxy groups -OCH3 is 2. The highest BCUT2D eigenvalue weighted by Crippen LogP contribution is 2.31. The molecule has 0 saturated carbocycles. The van der Waals surface area contributed by atoms with Crippen LogP contribution in [-0.2, 0) is 10.2 Å². The van der Waals surface area contributed by atoms with Gasteiger partial charge in [-0.15, -0.1) is 5.10 Å². The maximum Gasteiger partial charge on any atom is 0.299 e. The monoisotopic (exact) mass is 408 g/mol. The van der Waals surface area contributed by atoms with Crippen LogP contribution in [0.15, 0.2) is 42.5 Å². The third kappa shape index (κ3) is 4.48. The number of carbonyl (C=O) groups is 2. The second-order valence-corrected chi connectivity index (χ2v) is 7.68. The molecule has 3 aromatic rings. The summed E-state index contributed by atoms with van der Waals surface area (Å²) in [5.41, 5.74) is 1.97. The molecule has 0 atom stereocenters. The van der Waals surface area contributed by atoms with Gasteiger partial charge in [0.15, 0.2) is 5.82 Å². The van der Waals surface area contributed by atoms with Crippen molar-refractivity contribution >= 4 is 17.6 Å². The maximum absolute atomic E-state index is 12.4. The molecule has 3 rings (SSSR count).